The molecule has 2 aliphatic rings. The van der Waals surface area contributed by atoms with Gasteiger partial charge in [-0.3, -0.25) is 9.69 Å². The first-order valence-electron chi connectivity index (χ1n) is 5.00. The number of hydrogen-bond donors (Lipinski definition) is 0. The molecular formula is C11H12N2O2S. The Morgan fingerprint density at radius 2 is 2.19 bits per heavy atom. The van der Waals surface area contributed by atoms with Gasteiger partial charge >= 0.3 is 0 Å². The smallest absolute Gasteiger partial charge is 0.299 e. The van der Waals surface area contributed by atoms with Crippen LogP contribution in [-0.2, 0) is 9.53 Å². The van der Waals surface area contributed by atoms with E-state index in [1.54, 1.807) is 0 Å². The largest absolute Gasteiger partial charge is 0.423 e. The molecule has 1 amide bonds. The summed E-state index contributed by atoms with van der Waals surface area (Å²) in [6.45, 7) is 2.39. The minimum atomic E-state index is -0.172. The highest BCUT2D eigenvalue weighted by Crippen LogP contribution is 2.24. The van der Waals surface area contributed by atoms with Gasteiger partial charge in [0, 0.05) is 19.8 Å². The lowest BCUT2D eigenvalue weighted by Gasteiger charge is -2.18. The lowest BCUT2D eigenvalue weighted by Crippen LogP contribution is -2.28. The molecule has 84 valence electrons. The van der Waals surface area contributed by atoms with Crippen LogP contribution in [-0.4, -0.2) is 34.5 Å². The van der Waals surface area contributed by atoms with E-state index >= 15 is 0 Å². The highest BCUT2D eigenvalue weighted by Gasteiger charge is 2.35. The topological polar surface area (TPSA) is 32.8 Å². The first-order chi connectivity index (χ1) is 7.65. The molecular weight excluding hydrogens is 224 g/mol. The Balaban J connectivity index is 2.39. The second kappa shape index (κ2) is 4.09. The van der Waals surface area contributed by atoms with E-state index in [1.807, 2.05) is 43.3 Å². The Kier molecular flexibility index (Phi) is 2.78. The lowest BCUT2D eigenvalue weighted by molar-refractivity contribution is -0.122. The summed E-state index contributed by atoms with van der Waals surface area (Å²) in [5.74, 6) is 0.129. The molecule has 0 spiro atoms. The number of carbonyl (C=O) groups excluding carboxylic acids is 1. The predicted octanol–water partition coefficient (Wildman–Crippen LogP) is 1.38. The van der Waals surface area contributed by atoms with E-state index in [-0.39, 0.29) is 11.1 Å². The average molecular weight is 236 g/mol. The Morgan fingerprint density at radius 3 is 2.75 bits per heavy atom. The zero-order chi connectivity index (χ0) is 11.7. The summed E-state index contributed by atoms with van der Waals surface area (Å²) in [5.41, 5.74) is 0.728. The average Bonchev–Trinajstić information content (AvgIpc) is 2.55. The highest BCUT2D eigenvalue weighted by atomic mass is 32.1. The molecule has 0 radical (unpaired) electrons. The molecule has 0 aromatic carbocycles. The zero-order valence-electron chi connectivity index (χ0n) is 9.14. The number of hydrogen-bond acceptors (Lipinski definition) is 4. The first kappa shape index (κ1) is 10.9. The van der Waals surface area contributed by atoms with Crippen LogP contribution in [0.25, 0.3) is 0 Å². The minimum absolute atomic E-state index is 0.172. The molecule has 0 atom stereocenters. The van der Waals surface area contributed by atoms with E-state index in [9.17, 15) is 4.79 Å². The molecule has 0 bridgehead atoms. The quantitative estimate of drug-likeness (QED) is 0.508. The number of likely N-dealkylation sites (N-methyl/N-ethyl adjacent to an activating group) is 2. The van der Waals surface area contributed by atoms with Crippen molar-refractivity contribution in [3.8, 4) is 0 Å². The number of thiocarbonyl (C=S) groups is 1. The van der Waals surface area contributed by atoms with Crippen LogP contribution in [0.15, 0.2) is 35.9 Å². The Labute approximate surface area is 99.5 Å². The zero-order valence-corrected chi connectivity index (χ0v) is 9.95. The van der Waals surface area contributed by atoms with Crippen LogP contribution in [0.1, 0.15) is 6.92 Å². The van der Waals surface area contributed by atoms with Crippen LogP contribution < -0.4 is 0 Å². The van der Waals surface area contributed by atoms with Gasteiger partial charge in [0.1, 0.15) is 0 Å². The van der Waals surface area contributed by atoms with Gasteiger partial charge in [-0.2, -0.15) is 0 Å². The van der Waals surface area contributed by atoms with Crippen molar-refractivity contribution in [1.29, 1.82) is 0 Å². The number of allylic oxidation sites excluding steroid dienone is 3. The number of nitrogens with zero attached hydrogens (tertiary/aromatic N) is 2. The van der Waals surface area contributed by atoms with Gasteiger partial charge in [0.25, 0.3) is 11.1 Å². The summed E-state index contributed by atoms with van der Waals surface area (Å²) in [5, 5.41) is 0.228. The molecule has 1 fully saturated rings. The predicted molar refractivity (Wildman–Crippen MR) is 64.1 cm³/mol. The van der Waals surface area contributed by atoms with Gasteiger partial charge in [-0.25, -0.2) is 0 Å². The fraction of sp³-hybridized carbons (Fsp3) is 0.273. The second-order valence-electron chi connectivity index (χ2n) is 3.44. The Hall–Kier alpha value is -1.62. The van der Waals surface area contributed by atoms with Crippen molar-refractivity contribution in [2.75, 3.05) is 13.6 Å². The van der Waals surface area contributed by atoms with Gasteiger partial charge in [-0.15, -0.1) is 0 Å². The third-order valence-corrected chi connectivity index (χ3v) is 2.76. The van der Waals surface area contributed by atoms with Crippen molar-refractivity contribution in [1.82, 2.24) is 9.80 Å². The maximum atomic E-state index is 12.0. The van der Waals surface area contributed by atoms with Crippen LogP contribution >= 0.6 is 12.2 Å². The number of ether oxygens (including phenoxy) is 1. The van der Waals surface area contributed by atoms with Crippen molar-refractivity contribution in [3.05, 3.63) is 35.9 Å². The third kappa shape index (κ3) is 1.63. The van der Waals surface area contributed by atoms with Crippen molar-refractivity contribution >= 4 is 23.3 Å². The SMILES string of the molecule is CCN1C(=O)/C(=C2\C=CC=CN2C)OC1=S. The van der Waals surface area contributed by atoms with Gasteiger partial charge in [-0.05, 0) is 31.3 Å². The van der Waals surface area contributed by atoms with Gasteiger partial charge in [0.2, 0.25) is 5.76 Å². The molecule has 2 rings (SSSR count). The normalized spacial score (nSPS) is 24.4. The standard InChI is InChI=1S/C11H12N2O2S/c1-3-13-10(14)9(15-11(13)16)8-6-4-5-7-12(8)2/h4-7H,3H2,1-2H3/b9-8-. The summed E-state index contributed by atoms with van der Waals surface area (Å²) < 4.78 is 5.35. The molecule has 4 nitrogen and oxygen atoms in total. The second-order valence-corrected chi connectivity index (χ2v) is 3.79. The molecule has 5 heteroatoms. The molecule has 16 heavy (non-hydrogen) atoms. The van der Waals surface area contributed by atoms with E-state index in [4.69, 9.17) is 17.0 Å². The van der Waals surface area contributed by atoms with Crippen molar-refractivity contribution in [2.24, 2.45) is 0 Å². The lowest BCUT2D eigenvalue weighted by atomic mass is 10.2. The maximum Gasteiger partial charge on any atom is 0.299 e. The van der Waals surface area contributed by atoms with E-state index in [2.05, 4.69) is 0 Å². The van der Waals surface area contributed by atoms with Gasteiger partial charge in [0.05, 0.1) is 5.70 Å². The van der Waals surface area contributed by atoms with Crippen LogP contribution in [0, 0.1) is 0 Å². The van der Waals surface area contributed by atoms with Gasteiger partial charge < -0.3 is 9.64 Å². The fourth-order valence-electron chi connectivity index (χ4n) is 1.59. The Morgan fingerprint density at radius 1 is 1.44 bits per heavy atom. The summed E-state index contributed by atoms with van der Waals surface area (Å²) in [4.78, 5) is 15.2. The molecule has 0 unspecified atom stereocenters. The molecule has 0 aliphatic carbocycles. The van der Waals surface area contributed by atoms with E-state index in [1.165, 1.54) is 4.90 Å². The molecule has 0 aromatic heterocycles. The molecule has 2 heterocycles. The monoisotopic (exact) mass is 236 g/mol. The summed E-state index contributed by atoms with van der Waals surface area (Å²) >= 11 is 4.99. The van der Waals surface area contributed by atoms with Crippen LogP contribution in [0.2, 0.25) is 0 Å². The highest BCUT2D eigenvalue weighted by molar-refractivity contribution is 7.80. The first-order valence-corrected chi connectivity index (χ1v) is 5.41. The van der Waals surface area contributed by atoms with Gasteiger partial charge in [-0.1, -0.05) is 6.08 Å². The molecule has 0 N–H and O–H groups in total. The van der Waals surface area contributed by atoms with Crippen molar-refractivity contribution in [2.45, 2.75) is 6.92 Å². The summed E-state index contributed by atoms with van der Waals surface area (Å²) in [7, 11) is 1.86. The van der Waals surface area contributed by atoms with Gasteiger partial charge in [0.15, 0.2) is 0 Å². The Bertz CT molecular complexity index is 437. The number of carbonyl (C=O) groups is 1. The van der Waals surface area contributed by atoms with E-state index < -0.39 is 0 Å². The van der Waals surface area contributed by atoms with E-state index in [0.717, 1.165) is 5.70 Å². The fourth-order valence-corrected chi connectivity index (χ4v) is 1.88. The van der Waals surface area contributed by atoms with Crippen LogP contribution in [0.3, 0.4) is 0 Å². The molecule has 0 saturated carbocycles. The van der Waals surface area contributed by atoms with E-state index in [0.29, 0.717) is 12.3 Å². The number of rotatable bonds is 1. The molecule has 0 aromatic rings. The summed E-state index contributed by atoms with van der Waals surface area (Å²) in [6.07, 6.45) is 7.43. The summed E-state index contributed by atoms with van der Waals surface area (Å²) in [6, 6.07) is 0. The van der Waals surface area contributed by atoms with Crippen molar-refractivity contribution in [3.63, 3.8) is 0 Å². The van der Waals surface area contributed by atoms with Crippen LogP contribution in [0.4, 0.5) is 0 Å². The molecule has 1 saturated heterocycles. The number of amides is 1. The molecule has 2 aliphatic heterocycles. The third-order valence-electron chi connectivity index (χ3n) is 2.45. The van der Waals surface area contributed by atoms with Crippen LogP contribution in [0.5, 0.6) is 0 Å². The van der Waals surface area contributed by atoms with Crippen molar-refractivity contribution < 1.29 is 9.53 Å². The minimum Gasteiger partial charge on any atom is -0.423 e. The maximum absolute atomic E-state index is 12.0.